The van der Waals surface area contributed by atoms with Crippen molar-refractivity contribution in [2.75, 3.05) is 12.4 Å². The van der Waals surface area contributed by atoms with Crippen LogP contribution in [0.2, 0.25) is 0 Å². The Morgan fingerprint density at radius 1 is 1.17 bits per heavy atom. The summed E-state index contributed by atoms with van der Waals surface area (Å²) in [6.45, 7) is 5.85. The highest BCUT2D eigenvalue weighted by molar-refractivity contribution is 5.95. The number of benzene rings is 2. The molecule has 0 fully saturated rings. The summed E-state index contributed by atoms with van der Waals surface area (Å²) >= 11 is 0. The first-order chi connectivity index (χ1) is 11.5. The molecule has 24 heavy (non-hydrogen) atoms. The van der Waals surface area contributed by atoms with Crippen LogP contribution in [0.4, 0.5) is 5.69 Å². The van der Waals surface area contributed by atoms with Crippen LogP contribution in [0, 0.1) is 6.92 Å². The lowest BCUT2D eigenvalue weighted by Crippen LogP contribution is -2.30. The number of ether oxygens (including phenoxy) is 2. The molecule has 1 N–H and O–H groups in total. The summed E-state index contributed by atoms with van der Waals surface area (Å²) in [5.41, 5.74) is 2.97. The van der Waals surface area contributed by atoms with Gasteiger partial charge >= 0.3 is 0 Å². The summed E-state index contributed by atoms with van der Waals surface area (Å²) in [6, 6.07) is 13.5. The van der Waals surface area contributed by atoms with Gasteiger partial charge in [0.2, 0.25) is 0 Å². The molecule has 0 aliphatic heterocycles. The number of carbonyl (C=O) groups excluding carboxylic acids is 1. The van der Waals surface area contributed by atoms with Crippen LogP contribution in [-0.4, -0.2) is 19.1 Å². The van der Waals surface area contributed by atoms with Crippen LogP contribution in [-0.2, 0) is 11.2 Å². The van der Waals surface area contributed by atoms with Gasteiger partial charge in [0.05, 0.1) is 12.8 Å². The van der Waals surface area contributed by atoms with Crippen molar-refractivity contribution in [3.8, 4) is 11.5 Å². The smallest absolute Gasteiger partial charge is 0.265 e. The van der Waals surface area contributed by atoms with Crippen LogP contribution in [0.15, 0.2) is 42.5 Å². The van der Waals surface area contributed by atoms with Gasteiger partial charge in [-0.3, -0.25) is 4.79 Å². The minimum atomic E-state index is -0.604. The fraction of sp³-hybridized carbons (Fsp3) is 0.350. The molecule has 128 valence electrons. The molecule has 0 aromatic heterocycles. The molecule has 1 unspecified atom stereocenters. The van der Waals surface area contributed by atoms with Crippen molar-refractivity contribution in [1.82, 2.24) is 0 Å². The summed E-state index contributed by atoms with van der Waals surface area (Å²) in [4.78, 5) is 12.4. The fourth-order valence-electron chi connectivity index (χ4n) is 2.43. The molecule has 2 aromatic rings. The molecule has 0 aliphatic carbocycles. The topological polar surface area (TPSA) is 47.6 Å². The molecular weight excluding hydrogens is 302 g/mol. The van der Waals surface area contributed by atoms with E-state index in [0.717, 1.165) is 18.4 Å². The number of hydrogen-bond donors (Lipinski definition) is 1. The van der Waals surface area contributed by atoms with Gasteiger partial charge in [-0.25, -0.2) is 0 Å². The minimum Gasteiger partial charge on any atom is -0.495 e. The third-order valence-electron chi connectivity index (χ3n) is 3.76. The average molecular weight is 327 g/mol. The molecule has 0 radical (unpaired) electrons. The Morgan fingerprint density at radius 2 is 1.88 bits per heavy atom. The maximum atomic E-state index is 12.4. The second kappa shape index (κ2) is 8.39. The molecular formula is C20H25NO3. The Balaban J connectivity index is 2.00. The van der Waals surface area contributed by atoms with Crippen LogP contribution in [0.5, 0.6) is 11.5 Å². The lowest BCUT2D eigenvalue weighted by Gasteiger charge is -2.16. The van der Waals surface area contributed by atoms with Crippen LogP contribution < -0.4 is 14.8 Å². The summed E-state index contributed by atoms with van der Waals surface area (Å²) in [6.07, 6.45) is 1.55. The molecule has 0 saturated carbocycles. The molecule has 0 spiro atoms. The van der Waals surface area contributed by atoms with E-state index in [-0.39, 0.29) is 5.91 Å². The van der Waals surface area contributed by atoms with Crippen molar-refractivity contribution in [1.29, 1.82) is 0 Å². The van der Waals surface area contributed by atoms with Gasteiger partial charge in [-0.2, -0.15) is 0 Å². The summed E-state index contributed by atoms with van der Waals surface area (Å²) < 4.78 is 11.0. The maximum absolute atomic E-state index is 12.4. The molecule has 1 atom stereocenters. The van der Waals surface area contributed by atoms with E-state index in [4.69, 9.17) is 9.47 Å². The number of rotatable bonds is 7. The molecule has 0 bridgehead atoms. The Labute approximate surface area is 143 Å². The van der Waals surface area contributed by atoms with Gasteiger partial charge in [-0.15, -0.1) is 0 Å². The molecule has 0 saturated heterocycles. The molecule has 0 aliphatic rings. The van der Waals surface area contributed by atoms with Crippen molar-refractivity contribution < 1.29 is 14.3 Å². The first kappa shape index (κ1) is 17.9. The minimum absolute atomic E-state index is 0.212. The quantitative estimate of drug-likeness (QED) is 0.822. The largest absolute Gasteiger partial charge is 0.495 e. The van der Waals surface area contributed by atoms with E-state index in [1.807, 2.05) is 49.4 Å². The molecule has 0 heterocycles. The zero-order chi connectivity index (χ0) is 17.5. The van der Waals surface area contributed by atoms with Crippen molar-refractivity contribution in [3.05, 3.63) is 53.6 Å². The number of amides is 1. The highest BCUT2D eigenvalue weighted by atomic mass is 16.5. The first-order valence-electron chi connectivity index (χ1n) is 8.24. The van der Waals surface area contributed by atoms with E-state index in [1.54, 1.807) is 14.0 Å². The second-order valence-corrected chi connectivity index (χ2v) is 5.85. The lowest BCUT2D eigenvalue weighted by atomic mass is 10.1. The standard InChI is InChI=1S/C20H25NO3/c1-5-6-16-8-10-17(11-9-16)24-15(3)20(22)21-18-13-14(2)7-12-19(18)23-4/h7-13,15H,5-6H2,1-4H3,(H,21,22). The molecule has 2 aromatic carbocycles. The number of carbonyl (C=O) groups is 1. The van der Waals surface area contributed by atoms with Crippen molar-refractivity contribution in [2.24, 2.45) is 0 Å². The molecule has 4 heteroatoms. The maximum Gasteiger partial charge on any atom is 0.265 e. The molecule has 1 amide bonds. The van der Waals surface area contributed by atoms with E-state index in [0.29, 0.717) is 17.2 Å². The Morgan fingerprint density at radius 3 is 2.50 bits per heavy atom. The predicted molar refractivity (Wildman–Crippen MR) is 96.9 cm³/mol. The summed E-state index contributed by atoms with van der Waals surface area (Å²) in [7, 11) is 1.58. The SMILES string of the molecule is CCCc1ccc(OC(C)C(=O)Nc2cc(C)ccc2OC)cc1. The van der Waals surface area contributed by atoms with Gasteiger partial charge in [0.15, 0.2) is 6.10 Å². The van der Waals surface area contributed by atoms with Crippen molar-refractivity contribution in [2.45, 2.75) is 39.7 Å². The number of hydrogen-bond acceptors (Lipinski definition) is 3. The molecule has 4 nitrogen and oxygen atoms in total. The van der Waals surface area contributed by atoms with E-state index >= 15 is 0 Å². The van der Waals surface area contributed by atoms with Gasteiger partial charge in [-0.05, 0) is 55.7 Å². The second-order valence-electron chi connectivity index (χ2n) is 5.85. The summed E-state index contributed by atoms with van der Waals surface area (Å²) in [5.74, 6) is 1.11. The van der Waals surface area contributed by atoms with Gasteiger partial charge in [0, 0.05) is 0 Å². The van der Waals surface area contributed by atoms with Crippen molar-refractivity contribution >= 4 is 11.6 Å². The fourth-order valence-corrected chi connectivity index (χ4v) is 2.43. The summed E-state index contributed by atoms with van der Waals surface area (Å²) in [5, 5.41) is 2.87. The van der Waals surface area contributed by atoms with Crippen LogP contribution in [0.1, 0.15) is 31.4 Å². The average Bonchev–Trinajstić information content (AvgIpc) is 2.57. The Kier molecular flexibility index (Phi) is 6.24. The highest BCUT2D eigenvalue weighted by Crippen LogP contribution is 2.25. The van der Waals surface area contributed by atoms with E-state index in [2.05, 4.69) is 12.2 Å². The number of aryl methyl sites for hydroxylation is 2. The monoisotopic (exact) mass is 327 g/mol. The molecule has 2 rings (SSSR count). The third-order valence-corrected chi connectivity index (χ3v) is 3.76. The number of methoxy groups -OCH3 is 1. The first-order valence-corrected chi connectivity index (χ1v) is 8.24. The lowest BCUT2D eigenvalue weighted by molar-refractivity contribution is -0.122. The number of nitrogens with one attached hydrogen (secondary N) is 1. The number of anilines is 1. The highest BCUT2D eigenvalue weighted by Gasteiger charge is 2.16. The van der Waals surface area contributed by atoms with Crippen molar-refractivity contribution in [3.63, 3.8) is 0 Å². The van der Waals surface area contributed by atoms with Crippen LogP contribution in [0.3, 0.4) is 0 Å². The zero-order valence-electron chi connectivity index (χ0n) is 14.8. The Hall–Kier alpha value is -2.49. The van der Waals surface area contributed by atoms with Gasteiger partial charge < -0.3 is 14.8 Å². The normalized spacial score (nSPS) is 11.7. The van der Waals surface area contributed by atoms with E-state index in [9.17, 15) is 4.79 Å². The zero-order valence-corrected chi connectivity index (χ0v) is 14.8. The van der Waals surface area contributed by atoms with Gasteiger partial charge in [0.25, 0.3) is 5.91 Å². The third kappa shape index (κ3) is 4.75. The van der Waals surface area contributed by atoms with E-state index in [1.165, 1.54) is 5.56 Å². The van der Waals surface area contributed by atoms with E-state index < -0.39 is 6.10 Å². The van der Waals surface area contributed by atoms with Crippen LogP contribution in [0.25, 0.3) is 0 Å². The van der Waals surface area contributed by atoms with Gasteiger partial charge in [-0.1, -0.05) is 31.5 Å². The van der Waals surface area contributed by atoms with Crippen LogP contribution >= 0.6 is 0 Å². The Bertz CT molecular complexity index is 680. The predicted octanol–water partition coefficient (Wildman–Crippen LogP) is 4.36. The van der Waals surface area contributed by atoms with Gasteiger partial charge in [0.1, 0.15) is 11.5 Å².